The molecule has 0 aliphatic carbocycles. The summed E-state index contributed by atoms with van der Waals surface area (Å²) in [5, 5.41) is 8.25. The molecule has 0 rings (SSSR count). The first-order valence-electron chi connectivity index (χ1n) is 1.20. The molecule has 6 nitrogen and oxygen atoms in total. The monoisotopic (exact) mass is 266 g/mol. The van der Waals surface area contributed by atoms with Crippen molar-refractivity contribution in [3.63, 3.8) is 0 Å². The summed E-state index contributed by atoms with van der Waals surface area (Å²) in [6.45, 7) is 0. The maximum Gasteiger partial charge on any atom is 2.00 e. The zero-order chi connectivity index (χ0) is 7.21. The van der Waals surface area contributed by atoms with E-state index in [1.54, 1.807) is 0 Å². The summed E-state index contributed by atoms with van der Waals surface area (Å²) in [5.41, 5.74) is 0. The molecular weight excluding hydrogens is 264 g/mol. The van der Waals surface area contributed by atoms with Crippen molar-refractivity contribution in [2.75, 3.05) is 0 Å². The number of rotatable bonds is 0. The molecule has 0 N–H and O–H groups in total. The SMILES string of the molecule is O=B[O-].O=P([O-])([O-])[O-].[H+].[K+].[Sr+2]. The van der Waals surface area contributed by atoms with Crippen LogP contribution >= 0.6 is 7.82 Å². The molecule has 0 heterocycles. The molecule has 0 aromatic rings. The predicted octanol–water partition coefficient (Wildman–Crippen LogP) is -7.78. The molecule has 0 aromatic carbocycles. The largest absolute Gasteiger partial charge is 2.00 e. The van der Waals surface area contributed by atoms with E-state index in [4.69, 9.17) is 29.0 Å². The van der Waals surface area contributed by atoms with Crippen LogP contribution in [0.15, 0.2) is 0 Å². The average Bonchev–Trinajstić information content (AvgIpc) is 1.27. The fraction of sp³-hybridized carbons (Fsp3) is 0. The van der Waals surface area contributed by atoms with Gasteiger partial charge in [-0.1, -0.05) is 0 Å². The van der Waals surface area contributed by atoms with Gasteiger partial charge in [-0.2, -0.15) is 7.82 Å². The summed E-state index contributed by atoms with van der Waals surface area (Å²) >= 11 is 0. The molecular formula is HBKO6PSr. The summed E-state index contributed by atoms with van der Waals surface area (Å²) in [6.07, 6.45) is 0. The Labute approximate surface area is 139 Å². The Morgan fingerprint density at radius 2 is 1.30 bits per heavy atom. The van der Waals surface area contributed by atoms with Gasteiger partial charge in [0, 0.05) is 0 Å². The van der Waals surface area contributed by atoms with E-state index in [2.05, 4.69) is 0 Å². The Hall–Kier alpha value is 2.89. The number of hydrogen-bond acceptors (Lipinski definition) is 6. The van der Waals surface area contributed by atoms with Crippen molar-refractivity contribution in [2.45, 2.75) is 0 Å². The Morgan fingerprint density at radius 1 is 1.30 bits per heavy atom. The van der Waals surface area contributed by atoms with E-state index >= 15 is 0 Å². The van der Waals surface area contributed by atoms with Gasteiger partial charge in [0.1, 0.15) is 0 Å². The van der Waals surface area contributed by atoms with Gasteiger partial charge in [-0.25, -0.2) is 0 Å². The van der Waals surface area contributed by atoms with Gasteiger partial charge in [0.2, 0.25) is 0 Å². The Balaban J connectivity index is -0.0000000183. The van der Waals surface area contributed by atoms with Crippen molar-refractivity contribution in [2.24, 2.45) is 0 Å². The molecule has 0 bridgehead atoms. The van der Waals surface area contributed by atoms with Crippen molar-refractivity contribution in [3.05, 3.63) is 0 Å². The van der Waals surface area contributed by atoms with E-state index in [-0.39, 0.29) is 98.3 Å². The molecule has 0 radical (unpaired) electrons. The molecule has 0 amide bonds. The molecule has 0 spiro atoms. The fourth-order valence-corrected chi connectivity index (χ4v) is 0. The number of hydrogen-bond donors (Lipinski definition) is 0. The minimum atomic E-state index is -5.39. The van der Waals surface area contributed by atoms with Crippen LogP contribution in [0.2, 0.25) is 0 Å². The first kappa shape index (κ1) is 23.1. The second-order valence-electron chi connectivity index (χ2n) is 0.543. The normalized spacial score (nSPS) is 6.70. The van der Waals surface area contributed by atoms with Crippen LogP contribution in [-0.4, -0.2) is 52.8 Å². The van der Waals surface area contributed by atoms with Gasteiger partial charge in [0.15, 0.2) is 0 Å². The molecule has 0 aliphatic heterocycles. The Kier molecular flexibility index (Phi) is 33.2. The van der Waals surface area contributed by atoms with E-state index in [0.29, 0.717) is 0 Å². The smallest absolute Gasteiger partial charge is 0.822 e. The molecule has 48 valence electrons. The summed E-state index contributed by atoms with van der Waals surface area (Å²) in [7, 11) is -5.89. The second-order valence-corrected chi connectivity index (χ2v) is 1.44. The first-order chi connectivity index (χ1) is 3.41. The van der Waals surface area contributed by atoms with Crippen molar-refractivity contribution >= 4 is 60.7 Å². The zero-order valence-corrected chi connectivity index (χ0v) is 12.7. The minimum Gasteiger partial charge on any atom is -0.822 e. The standard InChI is InChI=1S/BO2.K.H3O4P.Sr/c2-1-3;;1-5(2,3)4;/h;;(H3,1,2,3,4);/q-1;+1;;+2/p-2. The van der Waals surface area contributed by atoms with Gasteiger partial charge in [-0.3, -0.25) is 0 Å². The molecule has 0 saturated carbocycles. The fourth-order valence-electron chi connectivity index (χ4n) is 0. The maximum absolute atomic E-state index is 8.55. The molecule has 0 unspecified atom stereocenters. The summed E-state index contributed by atoms with van der Waals surface area (Å²) in [6, 6.07) is 0. The summed E-state index contributed by atoms with van der Waals surface area (Å²) in [5.74, 6) is 0. The molecule has 0 fully saturated rings. The van der Waals surface area contributed by atoms with Crippen LogP contribution < -0.4 is 71.1 Å². The molecule has 0 atom stereocenters. The predicted molar refractivity (Wildman–Crippen MR) is 20.9 cm³/mol. The molecule has 0 saturated heterocycles. The van der Waals surface area contributed by atoms with E-state index in [0.717, 1.165) is 0 Å². The van der Waals surface area contributed by atoms with Gasteiger partial charge in [0.05, 0.1) is 0 Å². The van der Waals surface area contributed by atoms with Crippen molar-refractivity contribution in [3.8, 4) is 0 Å². The average molecular weight is 266 g/mol. The van der Waals surface area contributed by atoms with Gasteiger partial charge in [0.25, 0.3) is 0 Å². The third-order valence-corrected chi connectivity index (χ3v) is 0. The van der Waals surface area contributed by atoms with E-state index < -0.39 is 15.2 Å². The van der Waals surface area contributed by atoms with Gasteiger partial charge >= 0.3 is 115 Å². The Bertz CT molecular complexity index is 96.5. The first-order valence-corrected chi connectivity index (χ1v) is 2.66. The van der Waals surface area contributed by atoms with E-state index in [9.17, 15) is 0 Å². The van der Waals surface area contributed by atoms with E-state index in [1.807, 2.05) is 0 Å². The van der Waals surface area contributed by atoms with Crippen LogP contribution in [0.3, 0.4) is 0 Å². The summed E-state index contributed by atoms with van der Waals surface area (Å²) in [4.78, 5) is 25.6. The topological polar surface area (TPSA) is 126 Å². The quantitative estimate of drug-likeness (QED) is 0.316. The second kappa shape index (κ2) is 14.4. The third-order valence-electron chi connectivity index (χ3n) is 0. The molecule has 0 aliphatic rings. The van der Waals surface area contributed by atoms with Gasteiger partial charge in [-0.15, -0.1) is 0 Å². The van der Waals surface area contributed by atoms with Crippen LogP contribution in [0, 0.1) is 0 Å². The van der Waals surface area contributed by atoms with Gasteiger partial charge in [-0.05, 0) is 0 Å². The molecule has 10 heteroatoms. The van der Waals surface area contributed by atoms with Crippen molar-refractivity contribution in [1.29, 1.82) is 0 Å². The van der Waals surface area contributed by atoms with Crippen LogP contribution in [0.1, 0.15) is 1.43 Å². The van der Waals surface area contributed by atoms with Crippen LogP contribution in [-0.2, 0) is 9.27 Å². The maximum atomic E-state index is 8.55. The molecule has 0 aromatic heterocycles. The number of phosphoric acid groups is 1. The van der Waals surface area contributed by atoms with Crippen LogP contribution in [0.4, 0.5) is 0 Å². The van der Waals surface area contributed by atoms with Gasteiger partial charge < -0.3 is 19.2 Å². The van der Waals surface area contributed by atoms with Crippen molar-refractivity contribution < 1.29 is 81.8 Å². The third kappa shape index (κ3) is 127. The zero-order valence-electron chi connectivity index (χ0n) is 6.18. The van der Waals surface area contributed by atoms with Crippen molar-refractivity contribution in [1.82, 2.24) is 0 Å². The molecule has 10 heavy (non-hydrogen) atoms. The van der Waals surface area contributed by atoms with E-state index in [1.165, 1.54) is 0 Å². The van der Waals surface area contributed by atoms with Crippen LogP contribution in [0.25, 0.3) is 0 Å². The summed E-state index contributed by atoms with van der Waals surface area (Å²) < 4.78 is 16.8. The Morgan fingerprint density at radius 3 is 1.30 bits per heavy atom. The minimum absolute atomic E-state index is 0. The van der Waals surface area contributed by atoms with Crippen LogP contribution in [0.5, 0.6) is 0 Å².